The highest BCUT2D eigenvalue weighted by molar-refractivity contribution is 7.89. The van der Waals surface area contributed by atoms with Crippen molar-refractivity contribution in [1.29, 1.82) is 0 Å². The normalized spacial score (nSPS) is 19.3. The summed E-state index contributed by atoms with van der Waals surface area (Å²) in [5.74, 6) is 0.307. The van der Waals surface area contributed by atoms with Crippen LogP contribution in [0.25, 0.3) is 11.0 Å². The molecule has 1 aliphatic rings. The number of aryl methyl sites for hydroxylation is 1. The third-order valence-electron chi connectivity index (χ3n) is 4.52. The smallest absolute Gasteiger partial charge is 0.262 e. The number of H-pyrrole nitrogens is 1. The summed E-state index contributed by atoms with van der Waals surface area (Å²) in [6.07, 6.45) is 8.50. The topological polar surface area (TPSA) is 83.9 Å². The summed E-state index contributed by atoms with van der Waals surface area (Å²) in [6, 6.07) is 4.12. The Balaban J connectivity index is 1.48. The van der Waals surface area contributed by atoms with Crippen LogP contribution in [0.1, 0.15) is 12.0 Å². The van der Waals surface area contributed by atoms with Crippen molar-refractivity contribution < 1.29 is 8.42 Å². The van der Waals surface area contributed by atoms with E-state index >= 15 is 0 Å². The fraction of sp³-hybridized carbons (Fsp3) is 0.375. The average molecular weight is 345 g/mol. The molecule has 0 amide bonds. The van der Waals surface area contributed by atoms with Crippen molar-refractivity contribution in [3.8, 4) is 0 Å². The van der Waals surface area contributed by atoms with E-state index in [1.54, 1.807) is 22.1 Å². The zero-order valence-electron chi connectivity index (χ0n) is 13.4. The van der Waals surface area contributed by atoms with Gasteiger partial charge in [-0.3, -0.25) is 0 Å². The maximum Gasteiger partial charge on any atom is 0.262 e. The Morgan fingerprint density at radius 2 is 2.25 bits per heavy atom. The van der Waals surface area contributed by atoms with Crippen LogP contribution in [0.5, 0.6) is 0 Å². The predicted molar refractivity (Wildman–Crippen MR) is 89.9 cm³/mol. The van der Waals surface area contributed by atoms with Gasteiger partial charge in [0.05, 0.1) is 6.33 Å². The Labute approximate surface area is 140 Å². The largest absolute Gasteiger partial charge is 0.346 e. The van der Waals surface area contributed by atoms with E-state index in [0.29, 0.717) is 19.0 Å². The molecule has 1 atom stereocenters. The van der Waals surface area contributed by atoms with Crippen LogP contribution in [-0.4, -0.2) is 45.3 Å². The molecule has 0 aromatic carbocycles. The Bertz CT molecular complexity index is 975. The second-order valence-corrected chi connectivity index (χ2v) is 8.24. The molecule has 3 aromatic heterocycles. The van der Waals surface area contributed by atoms with Crippen molar-refractivity contribution in [3.05, 3.63) is 42.6 Å². The Morgan fingerprint density at radius 1 is 1.38 bits per heavy atom. The summed E-state index contributed by atoms with van der Waals surface area (Å²) in [6.45, 7) is 1.08. The molecule has 1 saturated heterocycles. The Kier molecular flexibility index (Phi) is 3.65. The highest BCUT2D eigenvalue weighted by Gasteiger charge is 2.33. The number of hydrogen-bond donors (Lipinski definition) is 1. The molecular formula is C16H19N5O2S. The molecule has 0 bridgehead atoms. The van der Waals surface area contributed by atoms with Gasteiger partial charge in [-0.15, -0.1) is 0 Å². The van der Waals surface area contributed by atoms with Crippen molar-refractivity contribution in [3.63, 3.8) is 0 Å². The van der Waals surface area contributed by atoms with Crippen molar-refractivity contribution >= 4 is 21.1 Å². The SMILES string of the molecule is Cn1cnc(S(=O)(=O)N2CC[C@H](Cc3cnc4[nH]ccc4c3)C2)c1. The third kappa shape index (κ3) is 2.71. The number of pyridine rings is 1. The van der Waals surface area contributed by atoms with E-state index in [1.165, 1.54) is 6.33 Å². The number of hydrogen-bond acceptors (Lipinski definition) is 4. The lowest BCUT2D eigenvalue weighted by atomic mass is 9.99. The fourth-order valence-electron chi connectivity index (χ4n) is 3.27. The van der Waals surface area contributed by atoms with Gasteiger partial charge in [-0.1, -0.05) is 0 Å². The number of aromatic nitrogens is 4. The minimum atomic E-state index is -3.49. The van der Waals surface area contributed by atoms with Crippen LogP contribution in [0.4, 0.5) is 0 Å². The highest BCUT2D eigenvalue weighted by Crippen LogP contribution is 2.26. The monoisotopic (exact) mass is 345 g/mol. The lowest BCUT2D eigenvalue weighted by molar-refractivity contribution is 0.454. The molecule has 4 rings (SSSR count). The minimum absolute atomic E-state index is 0.126. The van der Waals surface area contributed by atoms with E-state index in [-0.39, 0.29) is 5.03 Å². The predicted octanol–water partition coefficient (Wildman–Crippen LogP) is 1.55. The number of rotatable bonds is 4. The standard InChI is InChI=1S/C16H19N5O2S/c1-20-10-15(19-11-20)24(22,23)21-5-3-12(9-21)6-13-7-14-2-4-17-16(14)18-8-13/h2,4,7-8,10-12H,3,5-6,9H2,1H3,(H,17,18)/t12-/m1/s1. The molecular weight excluding hydrogens is 326 g/mol. The second kappa shape index (κ2) is 5.71. The number of fused-ring (bicyclic) bond motifs is 1. The van der Waals surface area contributed by atoms with Crippen molar-refractivity contribution in [2.45, 2.75) is 17.9 Å². The zero-order valence-corrected chi connectivity index (χ0v) is 14.2. The van der Waals surface area contributed by atoms with Crippen LogP contribution in [0.2, 0.25) is 0 Å². The van der Waals surface area contributed by atoms with E-state index < -0.39 is 10.0 Å². The molecule has 126 valence electrons. The molecule has 0 spiro atoms. The van der Waals surface area contributed by atoms with Gasteiger partial charge in [0.25, 0.3) is 10.0 Å². The van der Waals surface area contributed by atoms with Crippen LogP contribution in [0, 0.1) is 5.92 Å². The van der Waals surface area contributed by atoms with Crippen molar-refractivity contribution in [1.82, 2.24) is 23.8 Å². The Hall–Kier alpha value is -2.19. The van der Waals surface area contributed by atoms with Crippen LogP contribution in [0.15, 0.2) is 42.1 Å². The molecule has 0 aliphatic carbocycles. The van der Waals surface area contributed by atoms with E-state index in [1.807, 2.05) is 18.5 Å². The van der Waals surface area contributed by atoms with Gasteiger partial charge in [0.15, 0.2) is 5.03 Å². The van der Waals surface area contributed by atoms with Gasteiger partial charge >= 0.3 is 0 Å². The molecule has 0 radical (unpaired) electrons. The summed E-state index contributed by atoms with van der Waals surface area (Å²) in [4.78, 5) is 11.5. The number of nitrogens with zero attached hydrogens (tertiary/aromatic N) is 4. The molecule has 1 fully saturated rings. The van der Waals surface area contributed by atoms with E-state index in [2.05, 4.69) is 21.0 Å². The summed E-state index contributed by atoms with van der Waals surface area (Å²) in [5.41, 5.74) is 2.02. The van der Waals surface area contributed by atoms with Gasteiger partial charge in [-0.25, -0.2) is 18.4 Å². The summed E-state index contributed by atoms with van der Waals surface area (Å²) in [7, 11) is -1.72. The van der Waals surface area contributed by atoms with Crippen molar-refractivity contribution in [2.75, 3.05) is 13.1 Å². The zero-order chi connectivity index (χ0) is 16.7. The molecule has 4 heterocycles. The third-order valence-corrected chi connectivity index (χ3v) is 6.27. The average Bonchev–Trinajstić information content (AvgIpc) is 3.27. The minimum Gasteiger partial charge on any atom is -0.346 e. The van der Waals surface area contributed by atoms with Crippen LogP contribution in [-0.2, 0) is 23.5 Å². The van der Waals surface area contributed by atoms with Gasteiger partial charge in [-0.2, -0.15) is 4.31 Å². The first-order valence-corrected chi connectivity index (χ1v) is 9.36. The first kappa shape index (κ1) is 15.3. The first-order valence-electron chi connectivity index (χ1n) is 7.92. The maximum atomic E-state index is 12.6. The molecule has 1 aliphatic heterocycles. The lowest BCUT2D eigenvalue weighted by Crippen LogP contribution is -2.29. The molecule has 0 saturated carbocycles. The molecule has 7 nitrogen and oxygen atoms in total. The van der Waals surface area contributed by atoms with E-state index in [9.17, 15) is 8.42 Å². The van der Waals surface area contributed by atoms with Gasteiger partial charge in [0, 0.05) is 44.1 Å². The highest BCUT2D eigenvalue weighted by atomic mass is 32.2. The quantitative estimate of drug-likeness (QED) is 0.777. The molecule has 3 aromatic rings. The van der Waals surface area contributed by atoms with Crippen LogP contribution < -0.4 is 0 Å². The number of nitrogens with one attached hydrogen (secondary N) is 1. The van der Waals surface area contributed by atoms with Crippen LogP contribution >= 0.6 is 0 Å². The molecule has 1 N–H and O–H groups in total. The number of sulfonamides is 1. The Morgan fingerprint density at radius 3 is 3.04 bits per heavy atom. The maximum absolute atomic E-state index is 12.6. The molecule has 24 heavy (non-hydrogen) atoms. The van der Waals surface area contributed by atoms with E-state index in [4.69, 9.17) is 0 Å². The fourth-order valence-corrected chi connectivity index (χ4v) is 4.76. The summed E-state index contributed by atoms with van der Waals surface area (Å²) < 4.78 is 28.4. The number of aromatic amines is 1. The molecule has 8 heteroatoms. The van der Waals surface area contributed by atoms with Crippen LogP contribution in [0.3, 0.4) is 0 Å². The van der Waals surface area contributed by atoms with Gasteiger partial charge in [0.1, 0.15) is 5.65 Å². The summed E-state index contributed by atoms with van der Waals surface area (Å²) in [5, 5.41) is 1.21. The van der Waals surface area contributed by atoms with Gasteiger partial charge < -0.3 is 9.55 Å². The van der Waals surface area contributed by atoms with Crippen molar-refractivity contribution in [2.24, 2.45) is 13.0 Å². The lowest BCUT2D eigenvalue weighted by Gasteiger charge is -2.15. The second-order valence-electron chi connectivity index (χ2n) is 6.36. The first-order chi connectivity index (χ1) is 11.5. The van der Waals surface area contributed by atoms with Gasteiger partial charge in [0.2, 0.25) is 0 Å². The molecule has 0 unspecified atom stereocenters. The van der Waals surface area contributed by atoms with E-state index in [0.717, 1.165) is 29.4 Å². The summed E-state index contributed by atoms with van der Waals surface area (Å²) >= 11 is 0. The number of imidazole rings is 1. The van der Waals surface area contributed by atoms with Gasteiger partial charge in [-0.05, 0) is 36.5 Å².